The summed E-state index contributed by atoms with van der Waals surface area (Å²) < 4.78 is 18.4. The lowest BCUT2D eigenvalue weighted by Crippen LogP contribution is -2.32. The molecule has 2 aromatic rings. The molecule has 0 aromatic heterocycles. The lowest BCUT2D eigenvalue weighted by atomic mass is 10.0. The molecule has 1 aliphatic heterocycles. The Morgan fingerprint density at radius 2 is 1.91 bits per heavy atom. The Labute approximate surface area is 134 Å². The standard InChI is InChI=1S/C18H18FNO3/c1-23-17-5-3-2-4-15(17)18(22)20-11-14(21)10-16(20)12-6-8-13(19)9-7-12/h2-9,14,16,21H,10-11H2,1H3/t14-,16+/m0/s1. The van der Waals surface area contributed by atoms with Gasteiger partial charge in [-0.2, -0.15) is 0 Å². The normalized spacial score (nSPS) is 20.6. The largest absolute Gasteiger partial charge is 0.496 e. The third-order valence-corrected chi connectivity index (χ3v) is 4.13. The van der Waals surface area contributed by atoms with Crippen LogP contribution in [0.4, 0.5) is 4.39 Å². The number of aliphatic hydroxyl groups is 1. The quantitative estimate of drug-likeness (QED) is 0.947. The van der Waals surface area contributed by atoms with Crippen molar-refractivity contribution in [1.29, 1.82) is 0 Å². The number of likely N-dealkylation sites (tertiary alicyclic amines) is 1. The highest BCUT2D eigenvalue weighted by atomic mass is 19.1. The van der Waals surface area contributed by atoms with Crippen LogP contribution in [0, 0.1) is 5.82 Å². The van der Waals surface area contributed by atoms with Gasteiger partial charge in [-0.25, -0.2) is 4.39 Å². The van der Waals surface area contributed by atoms with Gasteiger partial charge in [-0.05, 0) is 36.2 Å². The second-order valence-corrected chi connectivity index (χ2v) is 5.61. The molecule has 2 atom stereocenters. The zero-order valence-electron chi connectivity index (χ0n) is 12.8. The first-order valence-corrected chi connectivity index (χ1v) is 7.47. The minimum absolute atomic E-state index is 0.201. The summed E-state index contributed by atoms with van der Waals surface area (Å²) in [6, 6.07) is 12.8. The van der Waals surface area contributed by atoms with E-state index >= 15 is 0 Å². The van der Waals surface area contributed by atoms with Crippen molar-refractivity contribution in [3.63, 3.8) is 0 Å². The van der Waals surface area contributed by atoms with Crippen molar-refractivity contribution in [3.05, 3.63) is 65.5 Å². The number of carbonyl (C=O) groups is 1. The number of β-amino-alcohol motifs (C(OH)–C–C–N with tert-alkyl or cyclic N) is 1. The van der Waals surface area contributed by atoms with Gasteiger partial charge in [-0.1, -0.05) is 24.3 Å². The van der Waals surface area contributed by atoms with E-state index in [1.165, 1.54) is 19.2 Å². The second kappa shape index (κ2) is 6.38. The van der Waals surface area contributed by atoms with Crippen LogP contribution in [0.5, 0.6) is 5.75 Å². The van der Waals surface area contributed by atoms with Gasteiger partial charge in [0.15, 0.2) is 0 Å². The molecule has 1 amide bonds. The van der Waals surface area contributed by atoms with Crippen LogP contribution in [-0.2, 0) is 0 Å². The number of aliphatic hydroxyl groups excluding tert-OH is 1. The van der Waals surface area contributed by atoms with Crippen LogP contribution in [-0.4, -0.2) is 35.7 Å². The predicted molar refractivity (Wildman–Crippen MR) is 83.8 cm³/mol. The highest BCUT2D eigenvalue weighted by Crippen LogP contribution is 2.34. The van der Waals surface area contributed by atoms with E-state index in [9.17, 15) is 14.3 Å². The van der Waals surface area contributed by atoms with Gasteiger partial charge < -0.3 is 14.7 Å². The highest BCUT2D eigenvalue weighted by Gasteiger charge is 2.36. The van der Waals surface area contributed by atoms with Gasteiger partial charge in [0.25, 0.3) is 5.91 Å². The minimum atomic E-state index is -0.594. The van der Waals surface area contributed by atoms with E-state index in [0.29, 0.717) is 17.7 Å². The number of rotatable bonds is 3. The molecule has 120 valence electrons. The molecule has 1 fully saturated rings. The summed E-state index contributed by atoms with van der Waals surface area (Å²) in [4.78, 5) is 14.5. The van der Waals surface area contributed by atoms with Crippen LogP contribution in [0.1, 0.15) is 28.4 Å². The van der Waals surface area contributed by atoms with Crippen molar-refractivity contribution in [1.82, 2.24) is 4.90 Å². The number of hydrogen-bond donors (Lipinski definition) is 1. The van der Waals surface area contributed by atoms with Crippen LogP contribution in [0.15, 0.2) is 48.5 Å². The fraction of sp³-hybridized carbons (Fsp3) is 0.278. The average molecular weight is 315 g/mol. The summed E-state index contributed by atoms with van der Waals surface area (Å²) in [6.07, 6.45) is -0.157. The number of carbonyl (C=O) groups excluding carboxylic acids is 1. The fourth-order valence-electron chi connectivity index (χ4n) is 3.02. The molecule has 1 aliphatic rings. The Hall–Kier alpha value is -2.40. The average Bonchev–Trinajstić information content (AvgIpc) is 2.96. The number of hydrogen-bond acceptors (Lipinski definition) is 3. The number of amides is 1. The van der Waals surface area contributed by atoms with Crippen LogP contribution in [0.3, 0.4) is 0 Å². The van der Waals surface area contributed by atoms with Gasteiger partial charge in [0.1, 0.15) is 11.6 Å². The molecule has 0 bridgehead atoms. The smallest absolute Gasteiger partial charge is 0.258 e. The molecule has 0 radical (unpaired) electrons. The van der Waals surface area contributed by atoms with E-state index in [1.807, 2.05) is 0 Å². The van der Waals surface area contributed by atoms with E-state index in [4.69, 9.17) is 4.74 Å². The van der Waals surface area contributed by atoms with Crippen LogP contribution in [0.2, 0.25) is 0 Å². The Morgan fingerprint density at radius 3 is 2.61 bits per heavy atom. The molecule has 1 N–H and O–H groups in total. The van der Waals surface area contributed by atoms with E-state index in [0.717, 1.165) is 5.56 Å². The molecule has 3 rings (SSSR count). The first kappa shape index (κ1) is 15.5. The summed E-state index contributed by atoms with van der Waals surface area (Å²) in [5, 5.41) is 10.0. The molecular weight excluding hydrogens is 297 g/mol. The van der Waals surface area contributed by atoms with Gasteiger partial charge >= 0.3 is 0 Å². The molecule has 4 nitrogen and oxygen atoms in total. The molecule has 2 aromatic carbocycles. The summed E-state index contributed by atoms with van der Waals surface area (Å²) in [6.45, 7) is 0.249. The molecule has 23 heavy (non-hydrogen) atoms. The first-order chi connectivity index (χ1) is 11.1. The predicted octanol–water partition coefficient (Wildman–Crippen LogP) is 2.78. The molecular formula is C18H18FNO3. The molecule has 0 unspecified atom stereocenters. The third-order valence-electron chi connectivity index (χ3n) is 4.13. The highest BCUT2D eigenvalue weighted by molar-refractivity contribution is 5.97. The van der Waals surface area contributed by atoms with Crippen molar-refractivity contribution >= 4 is 5.91 Å². The lowest BCUT2D eigenvalue weighted by molar-refractivity contribution is 0.0712. The van der Waals surface area contributed by atoms with Gasteiger partial charge in [0.05, 0.1) is 24.8 Å². The monoisotopic (exact) mass is 315 g/mol. The Kier molecular flexibility index (Phi) is 4.30. The molecule has 0 aliphatic carbocycles. The second-order valence-electron chi connectivity index (χ2n) is 5.61. The van der Waals surface area contributed by atoms with Gasteiger partial charge in [-0.15, -0.1) is 0 Å². The molecule has 1 saturated heterocycles. The molecule has 0 spiro atoms. The summed E-state index contributed by atoms with van der Waals surface area (Å²) in [5.74, 6) is -0.0278. The number of methoxy groups -OCH3 is 1. The van der Waals surface area contributed by atoms with Crippen molar-refractivity contribution in [3.8, 4) is 5.75 Å². The molecule has 5 heteroatoms. The zero-order valence-corrected chi connectivity index (χ0v) is 12.8. The van der Waals surface area contributed by atoms with Crippen LogP contribution < -0.4 is 4.74 Å². The van der Waals surface area contributed by atoms with Crippen LogP contribution in [0.25, 0.3) is 0 Å². The Balaban J connectivity index is 1.93. The number of halogens is 1. The lowest BCUT2D eigenvalue weighted by Gasteiger charge is -2.25. The SMILES string of the molecule is COc1ccccc1C(=O)N1C[C@@H](O)C[C@@H]1c1ccc(F)cc1. The van der Waals surface area contributed by atoms with Crippen molar-refractivity contribution in [2.75, 3.05) is 13.7 Å². The van der Waals surface area contributed by atoms with Crippen LogP contribution >= 0.6 is 0 Å². The van der Waals surface area contributed by atoms with Gasteiger partial charge in [0.2, 0.25) is 0 Å². The number of ether oxygens (including phenoxy) is 1. The van der Waals surface area contributed by atoms with E-state index < -0.39 is 6.10 Å². The zero-order chi connectivity index (χ0) is 16.4. The van der Waals surface area contributed by atoms with E-state index in [2.05, 4.69) is 0 Å². The van der Waals surface area contributed by atoms with E-state index in [-0.39, 0.29) is 24.3 Å². The van der Waals surface area contributed by atoms with Crippen molar-refractivity contribution in [2.24, 2.45) is 0 Å². The summed E-state index contributed by atoms with van der Waals surface area (Å²) in [5.41, 5.74) is 1.27. The maximum absolute atomic E-state index is 13.1. The number of benzene rings is 2. The summed E-state index contributed by atoms with van der Waals surface area (Å²) >= 11 is 0. The minimum Gasteiger partial charge on any atom is -0.496 e. The fourth-order valence-corrected chi connectivity index (χ4v) is 3.02. The van der Waals surface area contributed by atoms with Gasteiger partial charge in [0, 0.05) is 6.54 Å². The van der Waals surface area contributed by atoms with Gasteiger partial charge in [-0.3, -0.25) is 4.79 Å². The van der Waals surface area contributed by atoms with Crippen molar-refractivity contribution in [2.45, 2.75) is 18.6 Å². The Bertz CT molecular complexity index is 702. The maximum Gasteiger partial charge on any atom is 0.258 e. The van der Waals surface area contributed by atoms with E-state index in [1.54, 1.807) is 41.3 Å². The third kappa shape index (κ3) is 3.05. The van der Waals surface area contributed by atoms with Crippen molar-refractivity contribution < 1.29 is 19.0 Å². The summed E-state index contributed by atoms with van der Waals surface area (Å²) in [7, 11) is 1.52. The number of nitrogens with zero attached hydrogens (tertiary/aromatic N) is 1. The molecule has 0 saturated carbocycles. The molecule has 1 heterocycles. The first-order valence-electron chi connectivity index (χ1n) is 7.47. The Morgan fingerprint density at radius 1 is 1.22 bits per heavy atom. The maximum atomic E-state index is 13.1. The topological polar surface area (TPSA) is 49.8 Å². The number of para-hydroxylation sites is 1.